The molecule has 0 atom stereocenters. The molecule has 1 aliphatic carbocycles. The minimum atomic E-state index is -0.937. The van der Waals surface area contributed by atoms with Gasteiger partial charge in [-0.15, -0.1) is 0 Å². The molecule has 6 heteroatoms. The van der Waals surface area contributed by atoms with Gasteiger partial charge in [-0.3, -0.25) is 4.79 Å². The molecule has 2 aliphatic rings. The minimum absolute atomic E-state index is 0.0282. The summed E-state index contributed by atoms with van der Waals surface area (Å²) in [6.07, 6.45) is 0.357. The van der Waals surface area contributed by atoms with E-state index in [-0.39, 0.29) is 18.6 Å². The summed E-state index contributed by atoms with van der Waals surface area (Å²) in [5.41, 5.74) is 4.74. The summed E-state index contributed by atoms with van der Waals surface area (Å²) in [6, 6.07) is 16.4. The number of rotatable bonds is 3. The Morgan fingerprint density at radius 2 is 1.56 bits per heavy atom. The molecule has 0 spiro atoms. The summed E-state index contributed by atoms with van der Waals surface area (Å²) in [4.78, 5) is 25.4. The van der Waals surface area contributed by atoms with Crippen molar-refractivity contribution in [3.8, 4) is 11.1 Å². The summed E-state index contributed by atoms with van der Waals surface area (Å²) in [6.45, 7) is 1.02. The number of fused-ring (bicyclic) bond motifs is 3. The zero-order valence-electron chi connectivity index (χ0n) is 14.7. The van der Waals surface area contributed by atoms with Crippen LogP contribution in [0.3, 0.4) is 0 Å². The molecule has 0 bridgehead atoms. The van der Waals surface area contributed by atoms with Crippen LogP contribution < -0.4 is 0 Å². The lowest BCUT2D eigenvalue weighted by Gasteiger charge is -2.34. The molecule has 27 heavy (non-hydrogen) atoms. The van der Waals surface area contributed by atoms with Crippen molar-refractivity contribution in [2.75, 3.05) is 19.7 Å². The topological polar surface area (TPSA) is 66.8 Å². The van der Waals surface area contributed by atoms with Gasteiger partial charge in [-0.2, -0.15) is 0 Å². The van der Waals surface area contributed by atoms with Crippen LogP contribution in [0.5, 0.6) is 0 Å². The Kier molecular flexibility index (Phi) is 4.68. The maximum absolute atomic E-state index is 12.5. The molecule has 0 radical (unpaired) electrons. The smallest absolute Gasteiger partial charge is 0.409 e. The minimum Gasteiger partial charge on any atom is -0.480 e. The van der Waals surface area contributed by atoms with E-state index >= 15 is 0 Å². The Labute approximate surface area is 166 Å². The van der Waals surface area contributed by atoms with Gasteiger partial charge in [0.05, 0.1) is 0 Å². The second kappa shape index (κ2) is 7.00. The number of benzene rings is 2. The summed E-state index contributed by atoms with van der Waals surface area (Å²) in [5.74, 6) is -0.852. The van der Waals surface area contributed by atoms with Crippen LogP contribution in [0, 0.1) is 0 Å². The second-order valence-corrected chi connectivity index (χ2v) is 8.58. The number of carboxylic acids is 1. The van der Waals surface area contributed by atoms with Crippen molar-refractivity contribution < 1.29 is 19.4 Å². The Balaban J connectivity index is 1.44. The van der Waals surface area contributed by atoms with Crippen molar-refractivity contribution in [1.29, 1.82) is 0 Å². The predicted molar refractivity (Wildman–Crippen MR) is 105 cm³/mol. The van der Waals surface area contributed by atoms with Crippen LogP contribution in [0.15, 0.2) is 48.5 Å². The van der Waals surface area contributed by atoms with E-state index in [1.54, 1.807) is 4.90 Å². The monoisotopic (exact) mass is 429 g/mol. The van der Waals surface area contributed by atoms with Gasteiger partial charge in [0.2, 0.25) is 0 Å². The zero-order valence-corrected chi connectivity index (χ0v) is 16.3. The van der Waals surface area contributed by atoms with Crippen molar-refractivity contribution in [1.82, 2.24) is 4.90 Å². The number of aliphatic carboxylic acids is 1. The third-order valence-electron chi connectivity index (χ3n) is 5.53. The quantitative estimate of drug-likeness (QED) is 0.740. The lowest BCUT2D eigenvalue weighted by atomic mass is 9.97. The van der Waals surface area contributed by atoms with E-state index in [4.69, 9.17) is 4.74 Å². The van der Waals surface area contributed by atoms with Crippen LogP contribution >= 0.6 is 15.9 Å². The Bertz CT molecular complexity index is 844. The second-order valence-electron chi connectivity index (χ2n) is 7.06. The van der Waals surface area contributed by atoms with Crippen molar-refractivity contribution in [2.24, 2.45) is 0 Å². The van der Waals surface area contributed by atoms with Crippen LogP contribution in [-0.4, -0.2) is 46.1 Å². The Morgan fingerprint density at radius 1 is 1.04 bits per heavy atom. The van der Waals surface area contributed by atoms with Crippen LogP contribution in [-0.2, 0) is 9.53 Å². The van der Waals surface area contributed by atoms with Gasteiger partial charge in [0.15, 0.2) is 0 Å². The van der Waals surface area contributed by atoms with Crippen LogP contribution in [0.1, 0.15) is 29.9 Å². The van der Waals surface area contributed by atoms with Crippen LogP contribution in [0.2, 0.25) is 0 Å². The van der Waals surface area contributed by atoms with Gasteiger partial charge < -0.3 is 14.7 Å². The molecular formula is C21H20BrNO4. The summed E-state index contributed by atoms with van der Waals surface area (Å²) >= 11 is 3.29. The fourth-order valence-electron chi connectivity index (χ4n) is 3.94. The predicted octanol–water partition coefficient (Wildman–Crippen LogP) is 4.25. The maximum Gasteiger partial charge on any atom is 0.409 e. The zero-order chi connectivity index (χ0) is 19.0. The fourth-order valence-corrected chi connectivity index (χ4v) is 4.30. The average molecular weight is 430 g/mol. The highest BCUT2D eigenvalue weighted by Gasteiger charge is 2.40. The van der Waals surface area contributed by atoms with Crippen LogP contribution in [0.25, 0.3) is 11.1 Å². The highest BCUT2D eigenvalue weighted by molar-refractivity contribution is 9.10. The van der Waals surface area contributed by atoms with Gasteiger partial charge in [0, 0.05) is 19.0 Å². The molecule has 1 heterocycles. The van der Waals surface area contributed by atoms with Crippen LogP contribution in [0.4, 0.5) is 4.79 Å². The van der Waals surface area contributed by atoms with E-state index in [0.717, 1.165) is 0 Å². The number of nitrogens with zero attached hydrogens (tertiary/aromatic N) is 1. The number of alkyl halides is 1. The lowest BCUT2D eigenvalue weighted by molar-refractivity contribution is -0.140. The van der Waals surface area contributed by atoms with Gasteiger partial charge in [0.25, 0.3) is 0 Å². The normalized spacial score (nSPS) is 17.9. The molecule has 0 aromatic heterocycles. The van der Waals surface area contributed by atoms with E-state index in [1.807, 2.05) is 24.3 Å². The molecule has 2 aromatic rings. The number of halogens is 1. The molecule has 1 N–H and O–H groups in total. The van der Waals surface area contributed by atoms with Crippen molar-refractivity contribution in [2.45, 2.75) is 23.1 Å². The maximum atomic E-state index is 12.5. The molecule has 1 fully saturated rings. The largest absolute Gasteiger partial charge is 0.480 e. The lowest BCUT2D eigenvalue weighted by Crippen LogP contribution is -2.47. The molecule has 1 saturated heterocycles. The molecule has 1 aliphatic heterocycles. The molecule has 0 saturated carbocycles. The first-order valence-electron chi connectivity index (χ1n) is 9.02. The number of likely N-dealkylation sites (tertiary alicyclic amines) is 1. The third kappa shape index (κ3) is 3.23. The van der Waals surface area contributed by atoms with Gasteiger partial charge >= 0.3 is 12.1 Å². The summed E-state index contributed by atoms with van der Waals surface area (Å²) < 4.78 is 4.69. The highest BCUT2D eigenvalue weighted by atomic mass is 79.9. The van der Waals surface area contributed by atoms with Crippen molar-refractivity contribution in [3.63, 3.8) is 0 Å². The molecule has 0 unspecified atom stereocenters. The third-order valence-corrected chi connectivity index (χ3v) is 6.67. The van der Waals surface area contributed by atoms with Gasteiger partial charge in [-0.25, -0.2) is 4.79 Å². The number of ether oxygens (including phenoxy) is 1. The van der Waals surface area contributed by atoms with E-state index < -0.39 is 10.3 Å². The van der Waals surface area contributed by atoms with Gasteiger partial charge in [-0.05, 0) is 35.1 Å². The number of hydrogen-bond acceptors (Lipinski definition) is 3. The molecule has 2 aromatic carbocycles. The number of piperidine rings is 1. The first-order valence-corrected chi connectivity index (χ1v) is 9.81. The summed E-state index contributed by atoms with van der Waals surface area (Å²) in [5, 5.41) is 9.27. The number of carbonyl (C=O) groups is 2. The number of carbonyl (C=O) groups excluding carboxylic acids is 1. The first kappa shape index (κ1) is 18.0. The van der Waals surface area contributed by atoms with E-state index in [0.29, 0.717) is 25.9 Å². The SMILES string of the molecule is O=C(OCC1c2ccccc2-c2ccccc21)N1CCC(Br)(C(=O)O)CC1. The van der Waals surface area contributed by atoms with Crippen molar-refractivity contribution in [3.05, 3.63) is 59.7 Å². The average Bonchev–Trinajstić information content (AvgIpc) is 3.00. The number of carboxylic acid groups (broad SMARTS) is 1. The van der Waals surface area contributed by atoms with E-state index in [9.17, 15) is 14.7 Å². The summed E-state index contributed by atoms with van der Waals surface area (Å²) in [7, 11) is 0. The Hall–Kier alpha value is -2.34. The number of hydrogen-bond donors (Lipinski definition) is 1. The van der Waals surface area contributed by atoms with Gasteiger partial charge in [0.1, 0.15) is 10.9 Å². The Morgan fingerprint density at radius 3 is 2.07 bits per heavy atom. The molecule has 1 amide bonds. The molecule has 140 valence electrons. The fraction of sp³-hybridized carbons (Fsp3) is 0.333. The molecule has 5 nitrogen and oxygen atoms in total. The first-order chi connectivity index (χ1) is 13.0. The number of amides is 1. The van der Waals surface area contributed by atoms with Crippen molar-refractivity contribution >= 4 is 28.0 Å². The molecular weight excluding hydrogens is 410 g/mol. The van der Waals surface area contributed by atoms with Gasteiger partial charge in [-0.1, -0.05) is 64.5 Å². The van der Waals surface area contributed by atoms with E-state index in [2.05, 4.69) is 40.2 Å². The standard InChI is InChI=1S/C21H20BrNO4/c22-21(19(24)25)9-11-23(12-10-21)20(26)27-13-18-16-7-3-1-5-14(16)15-6-2-4-8-17(15)18/h1-8,18H,9-13H2,(H,24,25). The van der Waals surface area contributed by atoms with E-state index in [1.165, 1.54) is 22.3 Å². The molecule has 4 rings (SSSR count). The highest BCUT2D eigenvalue weighted by Crippen LogP contribution is 2.44.